The lowest BCUT2D eigenvalue weighted by molar-refractivity contribution is -0.118. The third-order valence-electron chi connectivity index (χ3n) is 6.41. The van der Waals surface area contributed by atoms with Crippen molar-refractivity contribution < 1.29 is 19.1 Å². The lowest BCUT2D eigenvalue weighted by Gasteiger charge is -2.16. The van der Waals surface area contributed by atoms with Gasteiger partial charge in [0, 0.05) is 16.8 Å². The summed E-state index contributed by atoms with van der Waals surface area (Å²) in [6.07, 6.45) is 0. The van der Waals surface area contributed by atoms with E-state index in [0.29, 0.717) is 45.8 Å². The third kappa shape index (κ3) is 4.46. The number of ether oxygens (including phenoxy) is 2. The smallest absolute Gasteiger partial charge is 0.291 e. The van der Waals surface area contributed by atoms with Crippen molar-refractivity contribution in [1.29, 1.82) is 0 Å². The third-order valence-corrected chi connectivity index (χ3v) is 7.44. The van der Waals surface area contributed by atoms with E-state index in [1.54, 1.807) is 67.8 Å². The van der Waals surface area contributed by atoms with E-state index < -0.39 is 11.5 Å². The molecule has 1 N–H and O–H groups in total. The molecular weight excluding hydrogens is 530 g/mol. The van der Waals surface area contributed by atoms with Crippen LogP contribution in [0.2, 0.25) is 0 Å². The maximum Gasteiger partial charge on any atom is 0.291 e. The fourth-order valence-electron chi connectivity index (χ4n) is 4.55. The zero-order valence-corrected chi connectivity index (χ0v) is 22.4. The molecule has 0 atom stereocenters. The molecule has 0 bridgehead atoms. The monoisotopic (exact) mass is 553 g/mol. The number of amides is 2. The van der Waals surface area contributed by atoms with Crippen LogP contribution in [0.15, 0.2) is 77.6 Å². The van der Waals surface area contributed by atoms with E-state index in [2.05, 4.69) is 15.4 Å². The molecule has 5 aromatic rings. The highest BCUT2D eigenvalue weighted by atomic mass is 32.1. The van der Waals surface area contributed by atoms with Crippen molar-refractivity contribution in [1.82, 2.24) is 14.6 Å². The molecule has 6 rings (SSSR count). The van der Waals surface area contributed by atoms with E-state index in [1.165, 1.54) is 9.42 Å². The van der Waals surface area contributed by atoms with Gasteiger partial charge in [0.1, 0.15) is 22.6 Å². The molecule has 3 heterocycles. The summed E-state index contributed by atoms with van der Waals surface area (Å²) in [5, 5.41) is 7.21. The summed E-state index contributed by atoms with van der Waals surface area (Å²) < 4.78 is 12.1. The number of aromatic nitrogens is 3. The number of carbonyl (C=O) groups is 2. The van der Waals surface area contributed by atoms with E-state index in [4.69, 9.17) is 9.47 Å². The van der Waals surface area contributed by atoms with Crippen LogP contribution in [-0.2, 0) is 9.59 Å². The Hall–Kier alpha value is -5.03. The molecule has 3 aromatic carbocycles. The molecule has 10 nitrogen and oxygen atoms in total. The molecule has 0 spiro atoms. The first-order valence-electron chi connectivity index (χ1n) is 12.5. The second-order valence-corrected chi connectivity index (χ2v) is 9.86. The number of anilines is 2. The summed E-state index contributed by atoms with van der Waals surface area (Å²) in [5.41, 5.74) is 2.25. The van der Waals surface area contributed by atoms with Gasteiger partial charge in [-0.3, -0.25) is 19.3 Å². The van der Waals surface area contributed by atoms with Crippen LogP contribution in [-0.4, -0.2) is 46.7 Å². The molecule has 0 radical (unpaired) electrons. The fraction of sp³-hybridized carbons (Fsp3) is 0.138. The predicted molar refractivity (Wildman–Crippen MR) is 152 cm³/mol. The molecule has 40 heavy (non-hydrogen) atoms. The first-order chi connectivity index (χ1) is 19.5. The molecule has 11 heteroatoms. The molecule has 1 aliphatic heterocycles. The average Bonchev–Trinajstić information content (AvgIpc) is 3.60. The number of methoxy groups -OCH3 is 1. The molecule has 0 aliphatic carbocycles. The van der Waals surface area contributed by atoms with Crippen molar-refractivity contribution in [3.8, 4) is 22.9 Å². The number of thiazole rings is 1. The highest BCUT2D eigenvalue weighted by molar-refractivity contribution is 7.15. The summed E-state index contributed by atoms with van der Waals surface area (Å²) >= 11 is 1.10. The van der Waals surface area contributed by atoms with Crippen molar-refractivity contribution in [2.24, 2.45) is 0 Å². The summed E-state index contributed by atoms with van der Waals surface area (Å²) in [6.45, 7) is 2.22. The topological polar surface area (TPSA) is 115 Å². The van der Waals surface area contributed by atoms with Gasteiger partial charge in [0.05, 0.1) is 25.0 Å². The van der Waals surface area contributed by atoms with Gasteiger partial charge < -0.3 is 14.8 Å². The number of benzene rings is 3. The predicted octanol–water partition coefficient (Wildman–Crippen LogP) is 3.13. The highest BCUT2D eigenvalue weighted by Crippen LogP contribution is 2.35. The number of nitrogens with one attached hydrogen (secondary N) is 1. The maximum atomic E-state index is 13.7. The van der Waals surface area contributed by atoms with Crippen LogP contribution in [0.4, 0.5) is 11.4 Å². The quantitative estimate of drug-likeness (QED) is 0.329. The van der Waals surface area contributed by atoms with Gasteiger partial charge in [-0.25, -0.2) is 0 Å². The SMILES string of the molecule is CCOc1ccc(NC(=O)CN2C(=O)/C(=c3\sc4nc(-c5ccc(OC)cc5)nn4c3=O)c3ccccc32)cc1. The Balaban J connectivity index is 1.32. The molecular formula is C29H23N5O5S. The van der Waals surface area contributed by atoms with E-state index in [9.17, 15) is 14.4 Å². The molecule has 0 fully saturated rings. The molecule has 200 valence electrons. The Morgan fingerprint density at radius 3 is 2.40 bits per heavy atom. The molecule has 2 aromatic heterocycles. The van der Waals surface area contributed by atoms with Gasteiger partial charge in [0.2, 0.25) is 10.9 Å². The number of nitrogens with zero attached hydrogens (tertiary/aromatic N) is 4. The van der Waals surface area contributed by atoms with Gasteiger partial charge in [-0.1, -0.05) is 29.5 Å². The van der Waals surface area contributed by atoms with Gasteiger partial charge >= 0.3 is 0 Å². The van der Waals surface area contributed by atoms with Crippen LogP contribution in [0.5, 0.6) is 11.5 Å². The van der Waals surface area contributed by atoms with Crippen molar-refractivity contribution in [3.63, 3.8) is 0 Å². The van der Waals surface area contributed by atoms with Crippen molar-refractivity contribution >= 4 is 45.1 Å². The number of hydrogen-bond donors (Lipinski definition) is 1. The van der Waals surface area contributed by atoms with Crippen LogP contribution in [0.1, 0.15) is 12.5 Å². The lowest BCUT2D eigenvalue weighted by Crippen LogP contribution is -2.37. The molecule has 0 unspecified atom stereocenters. The summed E-state index contributed by atoms with van der Waals surface area (Å²) in [5.74, 6) is 0.991. The minimum atomic E-state index is -0.439. The lowest BCUT2D eigenvalue weighted by atomic mass is 10.1. The van der Waals surface area contributed by atoms with Gasteiger partial charge in [-0.15, -0.1) is 5.10 Å². The maximum absolute atomic E-state index is 13.7. The minimum Gasteiger partial charge on any atom is -0.497 e. The highest BCUT2D eigenvalue weighted by Gasteiger charge is 2.35. The number of fused-ring (bicyclic) bond motifs is 2. The molecule has 2 amide bonds. The van der Waals surface area contributed by atoms with Gasteiger partial charge in [-0.2, -0.15) is 9.50 Å². The summed E-state index contributed by atoms with van der Waals surface area (Å²) in [4.78, 5) is 46.3. The molecule has 0 saturated carbocycles. The Labute approximate surface area is 232 Å². The fourth-order valence-corrected chi connectivity index (χ4v) is 5.55. The zero-order valence-electron chi connectivity index (χ0n) is 21.6. The standard InChI is InChI=1S/C29H23N5O5S/c1-3-39-20-14-10-18(11-15-20)30-23(35)16-33-22-7-5-4-6-21(22)24(27(33)36)25-28(37)34-29(40-25)31-26(32-34)17-8-12-19(38-2)13-9-17/h4-15H,3,16H2,1-2H3,(H,30,35)/b25-24-. The van der Waals surface area contributed by atoms with Crippen molar-refractivity contribution in [2.45, 2.75) is 6.92 Å². The number of hydrogen-bond acceptors (Lipinski definition) is 8. The zero-order chi connectivity index (χ0) is 27.8. The van der Waals surface area contributed by atoms with Crippen LogP contribution < -0.4 is 29.8 Å². The van der Waals surface area contributed by atoms with Crippen LogP contribution in [0, 0.1) is 0 Å². The van der Waals surface area contributed by atoms with Gasteiger partial charge in [-0.05, 0) is 61.5 Å². The second-order valence-electron chi connectivity index (χ2n) is 8.88. The first-order valence-corrected chi connectivity index (χ1v) is 13.3. The Bertz CT molecular complexity index is 1860. The second kappa shape index (κ2) is 10.3. The largest absolute Gasteiger partial charge is 0.497 e. The van der Waals surface area contributed by atoms with E-state index in [1.807, 2.05) is 19.1 Å². The molecule has 1 aliphatic rings. The Morgan fingerprint density at radius 1 is 0.975 bits per heavy atom. The normalized spacial score (nSPS) is 13.9. The number of rotatable bonds is 7. The Morgan fingerprint density at radius 2 is 1.70 bits per heavy atom. The van der Waals surface area contributed by atoms with E-state index in [-0.39, 0.29) is 22.6 Å². The molecule has 0 saturated heterocycles. The van der Waals surface area contributed by atoms with Crippen molar-refractivity contribution in [2.75, 3.05) is 30.5 Å². The van der Waals surface area contributed by atoms with E-state index >= 15 is 0 Å². The van der Waals surface area contributed by atoms with E-state index in [0.717, 1.165) is 16.9 Å². The minimum absolute atomic E-state index is 0.219. The van der Waals surface area contributed by atoms with Crippen LogP contribution >= 0.6 is 11.3 Å². The summed E-state index contributed by atoms with van der Waals surface area (Å²) in [6, 6.07) is 21.3. The Kier molecular flexibility index (Phi) is 6.48. The average molecular weight is 554 g/mol. The number of carbonyl (C=O) groups excluding carboxylic acids is 2. The first kappa shape index (κ1) is 25.3. The van der Waals surface area contributed by atoms with Gasteiger partial charge in [0.15, 0.2) is 5.82 Å². The van der Waals surface area contributed by atoms with Crippen LogP contribution in [0.25, 0.3) is 21.9 Å². The number of para-hydroxylation sites is 1. The van der Waals surface area contributed by atoms with Crippen molar-refractivity contribution in [3.05, 3.63) is 93.2 Å². The summed E-state index contributed by atoms with van der Waals surface area (Å²) in [7, 11) is 1.58. The van der Waals surface area contributed by atoms with Crippen LogP contribution in [0.3, 0.4) is 0 Å². The van der Waals surface area contributed by atoms with Gasteiger partial charge in [0.25, 0.3) is 11.5 Å².